The molecule has 3 aliphatic rings. The maximum atomic E-state index is 13.4. The predicted octanol–water partition coefficient (Wildman–Crippen LogP) is 1.48. The Kier molecular flexibility index (Phi) is 6.10. The Labute approximate surface area is 199 Å². The maximum absolute atomic E-state index is 13.4. The fourth-order valence-corrected chi connectivity index (χ4v) is 5.33. The Morgan fingerprint density at radius 3 is 2.50 bits per heavy atom. The van der Waals surface area contributed by atoms with Gasteiger partial charge in [0.25, 0.3) is 5.91 Å². The number of urea groups is 1. The molecule has 0 radical (unpaired) electrons. The zero-order valence-electron chi connectivity index (χ0n) is 19.5. The number of hydrogen-bond acceptors (Lipinski definition) is 5. The SMILES string of the molecule is CN1CCN(CC(NC(=O)CN2C(=O)NC3(CCc4ccccc43)C2=O)c2ccccc2)CC1. The Balaban J connectivity index is 1.29. The Morgan fingerprint density at radius 2 is 1.74 bits per heavy atom. The van der Waals surface area contributed by atoms with Crippen molar-refractivity contribution in [3.63, 3.8) is 0 Å². The topological polar surface area (TPSA) is 85.0 Å². The van der Waals surface area contributed by atoms with E-state index in [4.69, 9.17) is 0 Å². The highest BCUT2D eigenvalue weighted by molar-refractivity contribution is 6.09. The van der Waals surface area contributed by atoms with Gasteiger partial charge >= 0.3 is 6.03 Å². The average molecular weight is 462 g/mol. The number of likely N-dealkylation sites (N-methyl/N-ethyl adjacent to an activating group) is 1. The van der Waals surface area contributed by atoms with Crippen LogP contribution in [0.1, 0.15) is 29.2 Å². The van der Waals surface area contributed by atoms with E-state index in [0.717, 1.165) is 54.2 Å². The van der Waals surface area contributed by atoms with Gasteiger partial charge in [-0.05, 0) is 36.6 Å². The van der Waals surface area contributed by atoms with Crippen molar-refractivity contribution in [3.8, 4) is 0 Å². The molecule has 1 aliphatic carbocycles. The summed E-state index contributed by atoms with van der Waals surface area (Å²) in [4.78, 5) is 45.0. The van der Waals surface area contributed by atoms with Crippen LogP contribution in [0.15, 0.2) is 54.6 Å². The summed E-state index contributed by atoms with van der Waals surface area (Å²) in [5, 5.41) is 5.98. The number of imide groups is 1. The van der Waals surface area contributed by atoms with E-state index in [1.165, 1.54) is 0 Å². The van der Waals surface area contributed by atoms with E-state index in [-0.39, 0.29) is 24.4 Å². The molecule has 2 saturated heterocycles. The molecule has 2 heterocycles. The summed E-state index contributed by atoms with van der Waals surface area (Å²) in [5.41, 5.74) is 1.87. The molecular formula is C26H31N5O3. The minimum atomic E-state index is -1.05. The van der Waals surface area contributed by atoms with Crippen molar-refractivity contribution in [2.24, 2.45) is 0 Å². The lowest BCUT2D eigenvalue weighted by Crippen LogP contribution is -2.49. The van der Waals surface area contributed by atoms with Crippen LogP contribution in [0.2, 0.25) is 0 Å². The van der Waals surface area contributed by atoms with Crippen LogP contribution < -0.4 is 10.6 Å². The number of amides is 4. The van der Waals surface area contributed by atoms with Crippen molar-refractivity contribution in [1.82, 2.24) is 25.3 Å². The first-order valence-corrected chi connectivity index (χ1v) is 11.9. The van der Waals surface area contributed by atoms with Gasteiger partial charge in [0.15, 0.2) is 0 Å². The van der Waals surface area contributed by atoms with Crippen LogP contribution >= 0.6 is 0 Å². The highest BCUT2D eigenvalue weighted by atomic mass is 16.2. The van der Waals surface area contributed by atoms with Crippen molar-refractivity contribution >= 4 is 17.8 Å². The van der Waals surface area contributed by atoms with Gasteiger partial charge in [0.05, 0.1) is 6.04 Å². The third-order valence-electron chi connectivity index (χ3n) is 7.30. The van der Waals surface area contributed by atoms with Crippen molar-refractivity contribution in [3.05, 3.63) is 71.3 Å². The number of fused-ring (bicyclic) bond motifs is 2. The third-order valence-corrected chi connectivity index (χ3v) is 7.30. The maximum Gasteiger partial charge on any atom is 0.325 e. The van der Waals surface area contributed by atoms with Crippen LogP contribution in [0.5, 0.6) is 0 Å². The standard InChI is InChI=1S/C26H31N5O3/c1-29-13-15-30(16-14-29)17-22(20-8-3-2-4-9-20)27-23(32)18-31-24(33)26(28-25(31)34)12-11-19-7-5-6-10-21(19)26/h2-10,22H,11-18H2,1H3,(H,27,32)(H,28,34). The van der Waals surface area contributed by atoms with Crippen molar-refractivity contribution in [2.75, 3.05) is 46.3 Å². The molecular weight excluding hydrogens is 430 g/mol. The van der Waals surface area contributed by atoms with Crippen molar-refractivity contribution < 1.29 is 14.4 Å². The second-order valence-electron chi connectivity index (χ2n) is 9.52. The second kappa shape index (κ2) is 9.19. The van der Waals surface area contributed by atoms with Crippen molar-refractivity contribution in [2.45, 2.75) is 24.4 Å². The van der Waals surface area contributed by atoms with Crippen LogP contribution in [0.3, 0.4) is 0 Å². The smallest absolute Gasteiger partial charge is 0.325 e. The highest BCUT2D eigenvalue weighted by Gasteiger charge is 2.55. The first kappa shape index (κ1) is 22.6. The molecule has 2 atom stereocenters. The lowest BCUT2D eigenvalue weighted by molar-refractivity contribution is -0.135. The van der Waals surface area contributed by atoms with Crippen LogP contribution in [0.25, 0.3) is 0 Å². The van der Waals surface area contributed by atoms with Gasteiger partial charge in [-0.25, -0.2) is 4.79 Å². The molecule has 2 aliphatic heterocycles. The van der Waals surface area contributed by atoms with Crippen LogP contribution in [-0.2, 0) is 21.5 Å². The number of rotatable bonds is 6. The van der Waals surface area contributed by atoms with E-state index in [0.29, 0.717) is 13.0 Å². The molecule has 0 aromatic heterocycles. The van der Waals surface area contributed by atoms with Crippen LogP contribution in [0.4, 0.5) is 4.79 Å². The Hall–Kier alpha value is -3.23. The molecule has 8 nitrogen and oxygen atoms in total. The Morgan fingerprint density at radius 1 is 1.03 bits per heavy atom. The zero-order valence-corrected chi connectivity index (χ0v) is 19.5. The summed E-state index contributed by atoms with van der Waals surface area (Å²) in [6.45, 7) is 4.24. The molecule has 5 rings (SSSR count). The quantitative estimate of drug-likeness (QED) is 0.637. The lowest BCUT2D eigenvalue weighted by atomic mass is 9.92. The number of carbonyl (C=O) groups excluding carboxylic acids is 3. The predicted molar refractivity (Wildman–Crippen MR) is 128 cm³/mol. The van der Waals surface area contributed by atoms with Crippen molar-refractivity contribution in [1.29, 1.82) is 0 Å². The monoisotopic (exact) mass is 461 g/mol. The van der Waals surface area contributed by atoms with E-state index in [1.54, 1.807) is 0 Å². The molecule has 2 aromatic carbocycles. The Bertz CT molecular complexity index is 1080. The minimum Gasteiger partial charge on any atom is -0.346 e. The van der Waals surface area contributed by atoms with Crippen LogP contribution in [-0.4, -0.2) is 78.9 Å². The van der Waals surface area contributed by atoms with Gasteiger partial charge in [0, 0.05) is 32.7 Å². The molecule has 8 heteroatoms. The van der Waals surface area contributed by atoms with E-state index >= 15 is 0 Å². The number of aryl methyl sites for hydroxylation is 1. The average Bonchev–Trinajstić information content (AvgIpc) is 3.33. The molecule has 2 unspecified atom stereocenters. The van der Waals surface area contributed by atoms with E-state index in [2.05, 4.69) is 27.5 Å². The van der Waals surface area contributed by atoms with Crippen LogP contribution in [0, 0.1) is 0 Å². The molecule has 2 fully saturated rings. The fraction of sp³-hybridized carbons (Fsp3) is 0.423. The van der Waals surface area contributed by atoms with E-state index in [9.17, 15) is 14.4 Å². The molecule has 34 heavy (non-hydrogen) atoms. The summed E-state index contributed by atoms with van der Waals surface area (Å²) in [5.74, 6) is -0.678. The first-order valence-electron chi connectivity index (χ1n) is 11.9. The van der Waals surface area contributed by atoms with Gasteiger partial charge < -0.3 is 15.5 Å². The first-order chi connectivity index (χ1) is 16.5. The summed E-state index contributed by atoms with van der Waals surface area (Å²) in [7, 11) is 2.11. The number of benzene rings is 2. The third kappa shape index (κ3) is 4.19. The fourth-order valence-electron chi connectivity index (χ4n) is 5.33. The normalized spacial score (nSPS) is 23.7. The summed E-state index contributed by atoms with van der Waals surface area (Å²) in [6.07, 6.45) is 1.24. The molecule has 2 N–H and O–H groups in total. The minimum absolute atomic E-state index is 0.223. The van der Waals surface area contributed by atoms with E-state index in [1.807, 2.05) is 54.6 Å². The van der Waals surface area contributed by atoms with Gasteiger partial charge in [-0.3, -0.25) is 19.4 Å². The lowest BCUT2D eigenvalue weighted by Gasteiger charge is -2.35. The molecule has 1 spiro atoms. The number of hydrogen-bond donors (Lipinski definition) is 2. The van der Waals surface area contributed by atoms with E-state index < -0.39 is 11.6 Å². The van der Waals surface area contributed by atoms with Gasteiger partial charge in [0.1, 0.15) is 12.1 Å². The number of nitrogens with one attached hydrogen (secondary N) is 2. The zero-order chi connectivity index (χ0) is 23.7. The largest absolute Gasteiger partial charge is 0.346 e. The molecule has 0 bridgehead atoms. The van der Waals surface area contributed by atoms with Gasteiger partial charge in [0.2, 0.25) is 5.91 Å². The molecule has 0 saturated carbocycles. The van der Waals surface area contributed by atoms with Gasteiger partial charge in [-0.1, -0.05) is 54.6 Å². The number of piperazine rings is 1. The molecule has 2 aromatic rings. The molecule has 4 amide bonds. The van der Waals surface area contributed by atoms with Gasteiger partial charge in [-0.15, -0.1) is 0 Å². The summed E-state index contributed by atoms with van der Waals surface area (Å²) < 4.78 is 0. The highest BCUT2D eigenvalue weighted by Crippen LogP contribution is 2.41. The van der Waals surface area contributed by atoms with Gasteiger partial charge in [-0.2, -0.15) is 0 Å². The molecule has 178 valence electrons. The summed E-state index contributed by atoms with van der Waals surface area (Å²) >= 11 is 0. The summed E-state index contributed by atoms with van der Waals surface area (Å²) in [6, 6.07) is 16.8. The second-order valence-corrected chi connectivity index (χ2v) is 9.52. The number of carbonyl (C=O) groups is 3. The number of nitrogens with zero attached hydrogens (tertiary/aromatic N) is 3.